The molecule has 0 atom stereocenters. The first-order valence-corrected chi connectivity index (χ1v) is 11.3. The van der Waals surface area contributed by atoms with E-state index >= 15 is 0 Å². The van der Waals surface area contributed by atoms with Crippen LogP contribution in [0.1, 0.15) is 63.4 Å². The number of hydrogen-bond donors (Lipinski definition) is 1. The minimum atomic E-state index is -0.263. The molecule has 5 saturated carbocycles. The Morgan fingerprint density at radius 3 is 2.24 bits per heavy atom. The van der Waals surface area contributed by atoms with Crippen molar-refractivity contribution in [2.24, 2.45) is 23.2 Å². The largest absolute Gasteiger partial charge is 0.355 e. The molecule has 29 heavy (non-hydrogen) atoms. The number of halogens is 1. The van der Waals surface area contributed by atoms with Crippen LogP contribution in [-0.4, -0.2) is 29.3 Å². The van der Waals surface area contributed by atoms with Gasteiger partial charge in [0.05, 0.1) is 0 Å². The van der Waals surface area contributed by atoms with Crippen LogP contribution in [-0.2, 0) is 16.1 Å². The van der Waals surface area contributed by atoms with Gasteiger partial charge in [-0.1, -0.05) is 18.2 Å². The average Bonchev–Trinajstić information content (AvgIpc) is 3.51. The van der Waals surface area contributed by atoms with Crippen LogP contribution in [0.3, 0.4) is 0 Å². The van der Waals surface area contributed by atoms with Crippen LogP contribution in [0.15, 0.2) is 24.3 Å². The van der Waals surface area contributed by atoms with E-state index in [0.29, 0.717) is 25.1 Å². The number of amides is 2. The second kappa shape index (κ2) is 7.41. The Morgan fingerprint density at radius 2 is 1.66 bits per heavy atom. The van der Waals surface area contributed by atoms with E-state index in [1.807, 2.05) is 0 Å². The summed E-state index contributed by atoms with van der Waals surface area (Å²) >= 11 is 0. The van der Waals surface area contributed by atoms with E-state index in [2.05, 4.69) is 5.32 Å². The lowest BCUT2D eigenvalue weighted by Gasteiger charge is -2.55. The number of hydrogen-bond acceptors (Lipinski definition) is 2. The van der Waals surface area contributed by atoms with E-state index in [0.717, 1.165) is 49.9 Å². The van der Waals surface area contributed by atoms with Crippen molar-refractivity contribution in [3.63, 3.8) is 0 Å². The van der Waals surface area contributed by atoms with E-state index in [1.165, 1.54) is 25.3 Å². The highest BCUT2D eigenvalue weighted by Gasteiger charge is 2.54. The molecule has 1 aromatic carbocycles. The Kier molecular flexibility index (Phi) is 4.87. The summed E-state index contributed by atoms with van der Waals surface area (Å²) in [6.07, 6.45) is 9.34. The summed E-state index contributed by atoms with van der Waals surface area (Å²) in [7, 11) is 0. The Labute approximate surface area is 172 Å². The van der Waals surface area contributed by atoms with Crippen LogP contribution in [0.5, 0.6) is 0 Å². The van der Waals surface area contributed by atoms with Gasteiger partial charge in [0.15, 0.2) is 0 Å². The number of carbonyl (C=O) groups excluding carboxylic acids is 2. The fourth-order valence-corrected chi connectivity index (χ4v) is 6.62. The van der Waals surface area contributed by atoms with Gasteiger partial charge >= 0.3 is 0 Å². The fraction of sp³-hybridized carbons (Fsp3) is 0.667. The van der Waals surface area contributed by atoms with Crippen LogP contribution in [0, 0.1) is 29.0 Å². The van der Waals surface area contributed by atoms with E-state index in [1.54, 1.807) is 23.1 Å². The molecule has 0 radical (unpaired) electrons. The molecule has 0 unspecified atom stereocenters. The standard InChI is InChI=1S/C24H31FN2O2/c25-21-4-2-1-3-19(21)15-27(20-5-6-20)22(28)7-8-26-23(29)24-12-16-9-17(13-24)11-18(10-16)14-24/h1-4,16-18,20H,5-15H2,(H,26,29). The highest BCUT2D eigenvalue weighted by Crippen LogP contribution is 2.60. The monoisotopic (exact) mass is 398 g/mol. The zero-order valence-electron chi connectivity index (χ0n) is 17.0. The lowest BCUT2D eigenvalue weighted by Crippen LogP contribution is -2.53. The van der Waals surface area contributed by atoms with Gasteiger partial charge < -0.3 is 10.2 Å². The van der Waals surface area contributed by atoms with Crippen molar-refractivity contribution >= 4 is 11.8 Å². The maximum Gasteiger partial charge on any atom is 0.226 e. The molecule has 5 fully saturated rings. The van der Waals surface area contributed by atoms with Crippen LogP contribution < -0.4 is 5.32 Å². The third kappa shape index (κ3) is 3.80. The van der Waals surface area contributed by atoms with Gasteiger partial charge in [0.25, 0.3) is 0 Å². The van der Waals surface area contributed by atoms with Crippen LogP contribution in [0.2, 0.25) is 0 Å². The molecule has 4 nitrogen and oxygen atoms in total. The molecule has 5 aliphatic carbocycles. The maximum atomic E-state index is 14.0. The summed E-state index contributed by atoms with van der Waals surface area (Å²) in [6.45, 7) is 0.707. The number of benzene rings is 1. The molecule has 5 aliphatic rings. The first kappa shape index (κ1) is 19.1. The second-order valence-electron chi connectivity index (χ2n) is 10.0. The molecule has 0 aliphatic heterocycles. The van der Waals surface area contributed by atoms with Crippen LogP contribution in [0.25, 0.3) is 0 Å². The molecular formula is C24H31FN2O2. The van der Waals surface area contributed by atoms with Gasteiger partial charge in [-0.25, -0.2) is 4.39 Å². The Balaban J connectivity index is 1.16. The van der Waals surface area contributed by atoms with Gasteiger partial charge in [-0.2, -0.15) is 0 Å². The molecule has 1 N–H and O–H groups in total. The third-order valence-corrected chi connectivity index (χ3v) is 7.75. The van der Waals surface area contributed by atoms with Crippen LogP contribution in [0.4, 0.5) is 4.39 Å². The van der Waals surface area contributed by atoms with Crippen molar-refractivity contribution in [1.29, 1.82) is 0 Å². The number of nitrogens with zero attached hydrogens (tertiary/aromatic N) is 1. The summed E-state index contributed by atoms with van der Waals surface area (Å²) in [5, 5.41) is 3.10. The van der Waals surface area contributed by atoms with Gasteiger partial charge in [-0.15, -0.1) is 0 Å². The molecule has 1 aromatic rings. The lowest BCUT2D eigenvalue weighted by molar-refractivity contribution is -0.146. The minimum absolute atomic E-state index is 0.0153. The topological polar surface area (TPSA) is 49.4 Å². The summed E-state index contributed by atoms with van der Waals surface area (Å²) in [5.41, 5.74) is 0.395. The molecule has 2 amide bonds. The molecular weight excluding hydrogens is 367 g/mol. The van der Waals surface area contributed by atoms with Gasteiger partial charge in [-0.3, -0.25) is 9.59 Å². The molecule has 5 heteroatoms. The third-order valence-electron chi connectivity index (χ3n) is 7.75. The van der Waals surface area contributed by atoms with E-state index in [9.17, 15) is 14.0 Å². The van der Waals surface area contributed by atoms with Crippen molar-refractivity contribution < 1.29 is 14.0 Å². The van der Waals surface area contributed by atoms with Crippen molar-refractivity contribution in [3.8, 4) is 0 Å². The van der Waals surface area contributed by atoms with Crippen molar-refractivity contribution in [3.05, 3.63) is 35.6 Å². The van der Waals surface area contributed by atoms with Crippen molar-refractivity contribution in [2.75, 3.05) is 6.54 Å². The Bertz CT molecular complexity index is 769. The van der Waals surface area contributed by atoms with Gasteiger partial charge in [0, 0.05) is 36.5 Å². The Hall–Kier alpha value is -1.91. The molecule has 4 bridgehead atoms. The zero-order chi connectivity index (χ0) is 20.0. The van der Waals surface area contributed by atoms with E-state index in [4.69, 9.17) is 0 Å². The molecule has 6 rings (SSSR count). The van der Waals surface area contributed by atoms with Gasteiger partial charge in [-0.05, 0) is 75.2 Å². The van der Waals surface area contributed by atoms with Crippen LogP contribution >= 0.6 is 0 Å². The summed E-state index contributed by atoms with van der Waals surface area (Å²) in [5.74, 6) is 2.14. The van der Waals surface area contributed by atoms with Gasteiger partial charge in [0.1, 0.15) is 5.82 Å². The minimum Gasteiger partial charge on any atom is -0.355 e. The Morgan fingerprint density at radius 1 is 1.03 bits per heavy atom. The predicted molar refractivity (Wildman–Crippen MR) is 108 cm³/mol. The summed E-state index contributed by atoms with van der Waals surface area (Å²) < 4.78 is 14.0. The molecule has 0 spiro atoms. The first-order valence-electron chi connectivity index (χ1n) is 11.3. The lowest BCUT2D eigenvalue weighted by atomic mass is 9.49. The smallest absolute Gasteiger partial charge is 0.226 e. The normalized spacial score (nSPS) is 32.2. The molecule has 0 saturated heterocycles. The average molecular weight is 399 g/mol. The molecule has 156 valence electrons. The highest BCUT2D eigenvalue weighted by atomic mass is 19.1. The predicted octanol–water partition coefficient (Wildman–Crippen LogP) is 4.04. The SMILES string of the molecule is O=C(CCNC(=O)C12CC3CC(CC(C3)C1)C2)N(Cc1ccccc1F)C1CC1. The highest BCUT2D eigenvalue weighted by molar-refractivity contribution is 5.84. The summed E-state index contributed by atoms with van der Waals surface area (Å²) in [6, 6.07) is 6.88. The van der Waals surface area contributed by atoms with Crippen molar-refractivity contribution in [2.45, 2.75) is 70.4 Å². The molecule has 0 aromatic heterocycles. The maximum absolute atomic E-state index is 14.0. The summed E-state index contributed by atoms with van der Waals surface area (Å²) in [4.78, 5) is 27.7. The number of nitrogens with one attached hydrogen (secondary N) is 1. The number of carbonyl (C=O) groups is 2. The van der Waals surface area contributed by atoms with Gasteiger partial charge in [0.2, 0.25) is 11.8 Å². The van der Waals surface area contributed by atoms with E-state index < -0.39 is 0 Å². The quantitative estimate of drug-likeness (QED) is 0.754. The number of rotatable bonds is 7. The molecule has 0 heterocycles. The second-order valence-corrected chi connectivity index (χ2v) is 10.0. The zero-order valence-corrected chi connectivity index (χ0v) is 17.0. The fourth-order valence-electron chi connectivity index (χ4n) is 6.62. The first-order chi connectivity index (χ1) is 14.0. The van der Waals surface area contributed by atoms with Crippen molar-refractivity contribution in [1.82, 2.24) is 10.2 Å². The van der Waals surface area contributed by atoms with E-state index in [-0.39, 0.29) is 29.1 Å².